The SMILES string of the molecule is [C-]#[N+]c1cccc(OCc2ccc(CCC(=O)O)c(C(=O)NC(CCC)c3cc(C)cc(C)c3)c2)c1. The highest BCUT2D eigenvalue weighted by atomic mass is 16.5. The number of carboxylic acid groups (broad SMARTS) is 1. The Labute approximate surface area is 212 Å². The van der Waals surface area contributed by atoms with E-state index in [1.807, 2.05) is 19.9 Å². The molecule has 0 heterocycles. The van der Waals surface area contributed by atoms with Gasteiger partial charge in [-0.25, -0.2) is 4.85 Å². The molecule has 0 aliphatic rings. The number of aryl methyl sites for hydroxylation is 3. The average Bonchev–Trinajstić information content (AvgIpc) is 2.85. The molecule has 3 aromatic carbocycles. The van der Waals surface area contributed by atoms with Crippen LogP contribution in [0.15, 0.2) is 60.7 Å². The first-order valence-electron chi connectivity index (χ1n) is 12.1. The fraction of sp³-hybridized carbons (Fsp3) is 0.300. The highest BCUT2D eigenvalue weighted by Crippen LogP contribution is 2.24. The molecule has 0 saturated carbocycles. The molecule has 6 heteroatoms. The number of carbonyl (C=O) groups is 2. The molecule has 0 aliphatic heterocycles. The molecule has 0 fully saturated rings. The lowest BCUT2D eigenvalue weighted by atomic mass is 9.96. The Kier molecular flexibility index (Phi) is 9.24. The fourth-order valence-corrected chi connectivity index (χ4v) is 4.25. The number of nitrogens with zero attached hydrogens (tertiary/aromatic N) is 1. The topological polar surface area (TPSA) is 80.0 Å². The Balaban J connectivity index is 1.86. The van der Waals surface area contributed by atoms with Crippen LogP contribution in [0.5, 0.6) is 5.75 Å². The maximum atomic E-state index is 13.5. The maximum Gasteiger partial charge on any atom is 0.303 e. The zero-order valence-electron chi connectivity index (χ0n) is 21.0. The van der Waals surface area contributed by atoms with Gasteiger partial charge in [0.15, 0.2) is 5.69 Å². The van der Waals surface area contributed by atoms with Crippen LogP contribution in [-0.4, -0.2) is 17.0 Å². The number of hydrogen-bond acceptors (Lipinski definition) is 3. The Bertz CT molecular complexity index is 1260. The third kappa shape index (κ3) is 7.44. The molecule has 3 rings (SSSR count). The minimum atomic E-state index is -0.910. The Hall–Kier alpha value is -4.11. The Morgan fingerprint density at radius 3 is 2.47 bits per heavy atom. The average molecular weight is 485 g/mol. The van der Waals surface area contributed by atoms with Crippen molar-refractivity contribution in [2.75, 3.05) is 0 Å². The second-order valence-corrected chi connectivity index (χ2v) is 9.02. The van der Waals surface area contributed by atoms with Gasteiger partial charge in [-0.2, -0.15) is 0 Å². The van der Waals surface area contributed by atoms with Crippen molar-refractivity contribution in [3.63, 3.8) is 0 Å². The van der Waals surface area contributed by atoms with Crippen molar-refractivity contribution < 1.29 is 19.4 Å². The minimum Gasteiger partial charge on any atom is -0.490 e. The number of hydrogen-bond donors (Lipinski definition) is 2. The summed E-state index contributed by atoms with van der Waals surface area (Å²) in [6.45, 7) is 13.6. The molecule has 0 aliphatic carbocycles. The molecular formula is C30H32N2O4. The van der Waals surface area contributed by atoms with Crippen LogP contribution in [0.1, 0.15) is 70.4 Å². The highest BCUT2D eigenvalue weighted by molar-refractivity contribution is 5.96. The van der Waals surface area contributed by atoms with Crippen LogP contribution >= 0.6 is 0 Å². The summed E-state index contributed by atoms with van der Waals surface area (Å²) in [5, 5.41) is 12.4. The molecule has 186 valence electrons. The molecule has 0 saturated heterocycles. The first-order chi connectivity index (χ1) is 17.3. The van der Waals surface area contributed by atoms with Gasteiger partial charge in [-0.1, -0.05) is 66.9 Å². The smallest absolute Gasteiger partial charge is 0.303 e. The van der Waals surface area contributed by atoms with E-state index < -0.39 is 5.97 Å². The van der Waals surface area contributed by atoms with Crippen molar-refractivity contribution in [1.82, 2.24) is 5.32 Å². The zero-order chi connectivity index (χ0) is 26.1. The summed E-state index contributed by atoms with van der Waals surface area (Å²) in [6, 6.07) is 18.5. The van der Waals surface area contributed by atoms with E-state index in [1.165, 1.54) is 0 Å². The van der Waals surface area contributed by atoms with E-state index in [0.29, 0.717) is 22.6 Å². The summed E-state index contributed by atoms with van der Waals surface area (Å²) >= 11 is 0. The van der Waals surface area contributed by atoms with E-state index in [2.05, 4.69) is 35.3 Å². The van der Waals surface area contributed by atoms with Gasteiger partial charge in [-0.05, 0) is 61.6 Å². The van der Waals surface area contributed by atoms with Crippen molar-refractivity contribution in [2.45, 2.75) is 59.1 Å². The van der Waals surface area contributed by atoms with Gasteiger partial charge in [0, 0.05) is 12.0 Å². The molecule has 1 atom stereocenters. The third-order valence-corrected chi connectivity index (χ3v) is 5.91. The number of ether oxygens (including phenoxy) is 1. The van der Waals surface area contributed by atoms with Gasteiger partial charge < -0.3 is 15.2 Å². The lowest BCUT2D eigenvalue weighted by Gasteiger charge is -2.21. The third-order valence-electron chi connectivity index (χ3n) is 5.91. The van der Waals surface area contributed by atoms with Crippen LogP contribution in [0.3, 0.4) is 0 Å². The molecule has 6 nitrogen and oxygen atoms in total. The predicted molar refractivity (Wildman–Crippen MR) is 140 cm³/mol. The lowest BCUT2D eigenvalue weighted by molar-refractivity contribution is -0.136. The number of benzene rings is 3. The first-order valence-corrected chi connectivity index (χ1v) is 12.1. The van der Waals surface area contributed by atoms with Gasteiger partial charge >= 0.3 is 5.97 Å². The molecular weight excluding hydrogens is 452 g/mol. The van der Waals surface area contributed by atoms with Gasteiger partial charge in [0.2, 0.25) is 0 Å². The summed E-state index contributed by atoms with van der Waals surface area (Å²) in [5.41, 5.74) is 5.76. The van der Waals surface area contributed by atoms with Crippen molar-refractivity contribution in [2.24, 2.45) is 0 Å². The fourth-order valence-electron chi connectivity index (χ4n) is 4.25. The van der Waals surface area contributed by atoms with Gasteiger partial charge in [-0.15, -0.1) is 0 Å². The molecule has 0 aromatic heterocycles. The quantitative estimate of drug-likeness (QED) is 0.296. The standard InChI is InChI=1S/C30H32N2O4/c1-5-7-28(24-15-20(2)14-21(3)16-24)32-30(35)27-17-22(10-11-23(27)12-13-29(33)34)19-36-26-9-6-8-25(18-26)31-4/h6,8-11,14-18,28H,5,7,12-13,19H2,1-3H3,(H,32,35)(H,33,34). The van der Waals surface area contributed by atoms with E-state index in [9.17, 15) is 14.7 Å². The lowest BCUT2D eigenvalue weighted by Crippen LogP contribution is -2.29. The van der Waals surface area contributed by atoms with Crippen molar-refractivity contribution in [1.29, 1.82) is 0 Å². The van der Waals surface area contributed by atoms with Crippen molar-refractivity contribution in [3.8, 4) is 5.75 Å². The second-order valence-electron chi connectivity index (χ2n) is 9.02. The molecule has 2 N–H and O–H groups in total. The summed E-state index contributed by atoms with van der Waals surface area (Å²) in [5.74, 6) is -0.570. The van der Waals surface area contributed by atoms with Crippen LogP contribution in [0.2, 0.25) is 0 Å². The summed E-state index contributed by atoms with van der Waals surface area (Å²) in [7, 11) is 0. The van der Waals surface area contributed by atoms with Crippen LogP contribution in [0.25, 0.3) is 4.85 Å². The molecule has 1 unspecified atom stereocenters. The Morgan fingerprint density at radius 1 is 1.06 bits per heavy atom. The van der Waals surface area contributed by atoms with E-state index in [-0.39, 0.29) is 31.4 Å². The van der Waals surface area contributed by atoms with Crippen molar-refractivity contribution >= 4 is 17.6 Å². The normalized spacial score (nSPS) is 11.4. The molecule has 36 heavy (non-hydrogen) atoms. The number of rotatable bonds is 11. The molecule has 0 radical (unpaired) electrons. The van der Waals surface area contributed by atoms with Crippen LogP contribution in [0, 0.1) is 20.4 Å². The van der Waals surface area contributed by atoms with Crippen molar-refractivity contribution in [3.05, 3.63) is 105 Å². The maximum absolute atomic E-state index is 13.5. The first kappa shape index (κ1) is 26.5. The Morgan fingerprint density at radius 2 is 1.81 bits per heavy atom. The molecule has 1 amide bonds. The van der Waals surface area contributed by atoms with Gasteiger partial charge in [0.05, 0.1) is 12.6 Å². The second kappa shape index (κ2) is 12.6. The van der Waals surface area contributed by atoms with Crippen LogP contribution in [-0.2, 0) is 17.8 Å². The predicted octanol–water partition coefficient (Wildman–Crippen LogP) is 6.72. The molecule has 0 bridgehead atoms. The van der Waals surface area contributed by atoms with E-state index in [0.717, 1.165) is 35.1 Å². The minimum absolute atomic E-state index is 0.0605. The number of carbonyl (C=O) groups excluding carboxylic acids is 1. The van der Waals surface area contributed by atoms with Gasteiger partial charge in [0.1, 0.15) is 12.4 Å². The van der Waals surface area contributed by atoms with E-state index >= 15 is 0 Å². The molecule has 3 aromatic rings. The number of aliphatic carboxylic acids is 1. The number of carboxylic acids is 1. The van der Waals surface area contributed by atoms with Crippen LogP contribution < -0.4 is 10.1 Å². The van der Waals surface area contributed by atoms with E-state index in [1.54, 1.807) is 36.4 Å². The monoisotopic (exact) mass is 484 g/mol. The van der Waals surface area contributed by atoms with Gasteiger partial charge in [0.25, 0.3) is 5.91 Å². The summed E-state index contributed by atoms with van der Waals surface area (Å²) < 4.78 is 5.85. The van der Waals surface area contributed by atoms with Gasteiger partial charge in [-0.3, -0.25) is 9.59 Å². The van der Waals surface area contributed by atoms with E-state index in [4.69, 9.17) is 11.3 Å². The zero-order valence-corrected chi connectivity index (χ0v) is 21.0. The highest BCUT2D eigenvalue weighted by Gasteiger charge is 2.19. The summed E-state index contributed by atoms with van der Waals surface area (Å²) in [4.78, 5) is 28.1. The number of nitrogens with one attached hydrogen (secondary N) is 1. The van der Waals surface area contributed by atoms with Crippen LogP contribution in [0.4, 0.5) is 5.69 Å². The molecule has 0 spiro atoms. The largest absolute Gasteiger partial charge is 0.490 e. The number of amides is 1. The summed E-state index contributed by atoms with van der Waals surface area (Å²) in [6.07, 6.45) is 1.89.